The van der Waals surface area contributed by atoms with E-state index < -0.39 is 0 Å². The van der Waals surface area contributed by atoms with Crippen LogP contribution in [0.5, 0.6) is 5.75 Å². The highest BCUT2D eigenvalue weighted by molar-refractivity contribution is 5.97. The molecule has 96 valence electrons. The third-order valence-corrected chi connectivity index (χ3v) is 4.19. The van der Waals surface area contributed by atoms with E-state index in [0.29, 0.717) is 6.42 Å². The highest BCUT2D eigenvalue weighted by Crippen LogP contribution is 2.39. The van der Waals surface area contributed by atoms with Crippen LogP contribution in [-0.2, 0) is 11.2 Å². The fraction of sp³-hybridized carbons (Fsp3) is 0.533. The molecule has 1 aromatic rings. The van der Waals surface area contributed by atoms with Crippen LogP contribution >= 0.6 is 0 Å². The van der Waals surface area contributed by atoms with Gasteiger partial charge in [0.2, 0.25) is 0 Å². The molecule has 0 aromatic heterocycles. The molecule has 3 rings (SSSR count). The number of carbonyl (C=O) groups is 1. The van der Waals surface area contributed by atoms with E-state index in [4.69, 9.17) is 9.47 Å². The maximum Gasteiger partial charge on any atom is 0.165 e. The van der Waals surface area contributed by atoms with Crippen molar-refractivity contribution in [3.05, 3.63) is 29.3 Å². The lowest BCUT2D eigenvalue weighted by Crippen LogP contribution is -2.41. The Morgan fingerprint density at radius 3 is 2.94 bits per heavy atom. The zero-order valence-corrected chi connectivity index (χ0v) is 10.7. The molecular weight excluding hydrogens is 228 g/mol. The van der Waals surface area contributed by atoms with E-state index in [1.807, 2.05) is 18.2 Å². The second-order valence-electron chi connectivity index (χ2n) is 5.26. The molecule has 1 saturated carbocycles. The summed E-state index contributed by atoms with van der Waals surface area (Å²) in [4.78, 5) is 12.3. The number of hydrogen-bond acceptors (Lipinski definition) is 3. The van der Waals surface area contributed by atoms with E-state index in [1.54, 1.807) is 7.11 Å². The van der Waals surface area contributed by atoms with E-state index in [0.717, 1.165) is 42.7 Å². The minimum absolute atomic E-state index is 0.186. The molecule has 3 heteroatoms. The molecule has 1 aliphatic heterocycles. The van der Waals surface area contributed by atoms with Gasteiger partial charge in [-0.15, -0.1) is 0 Å². The maximum atomic E-state index is 12.3. The third kappa shape index (κ3) is 1.93. The first-order valence-electron chi connectivity index (χ1n) is 6.57. The Kier molecular flexibility index (Phi) is 2.86. The molecular formula is C15H18O3. The Bertz CT molecular complexity index is 469. The molecule has 0 N–H and O–H groups in total. The Morgan fingerprint density at radius 1 is 1.44 bits per heavy atom. The normalized spacial score (nSPS) is 19.8. The number of ketones is 1. The lowest BCUT2D eigenvalue weighted by molar-refractivity contribution is -0.0704. The van der Waals surface area contributed by atoms with Crippen LogP contribution in [-0.4, -0.2) is 25.1 Å². The van der Waals surface area contributed by atoms with Gasteiger partial charge in [-0.3, -0.25) is 4.79 Å². The van der Waals surface area contributed by atoms with Crippen LogP contribution in [0.15, 0.2) is 18.2 Å². The molecule has 0 unspecified atom stereocenters. The van der Waals surface area contributed by atoms with Gasteiger partial charge in [-0.2, -0.15) is 0 Å². The van der Waals surface area contributed by atoms with Crippen molar-refractivity contribution in [2.45, 2.75) is 37.7 Å². The Hall–Kier alpha value is -1.35. The molecule has 18 heavy (non-hydrogen) atoms. The molecule has 0 atom stereocenters. The van der Waals surface area contributed by atoms with Crippen LogP contribution < -0.4 is 4.74 Å². The predicted molar refractivity (Wildman–Crippen MR) is 68.2 cm³/mol. The van der Waals surface area contributed by atoms with Crippen molar-refractivity contribution in [3.8, 4) is 5.75 Å². The first-order chi connectivity index (χ1) is 8.72. The van der Waals surface area contributed by atoms with E-state index >= 15 is 0 Å². The highest BCUT2D eigenvalue weighted by atomic mass is 16.5. The van der Waals surface area contributed by atoms with Gasteiger partial charge >= 0.3 is 0 Å². The molecule has 1 aliphatic carbocycles. The highest BCUT2D eigenvalue weighted by Gasteiger charge is 2.39. The minimum Gasteiger partial charge on any atom is -0.493 e. The number of ether oxygens (including phenoxy) is 2. The van der Waals surface area contributed by atoms with Crippen molar-refractivity contribution in [1.82, 2.24) is 0 Å². The van der Waals surface area contributed by atoms with E-state index in [9.17, 15) is 4.79 Å². The summed E-state index contributed by atoms with van der Waals surface area (Å²) >= 11 is 0. The quantitative estimate of drug-likeness (QED) is 0.766. The third-order valence-electron chi connectivity index (χ3n) is 4.19. The zero-order valence-electron chi connectivity index (χ0n) is 10.7. The van der Waals surface area contributed by atoms with Gasteiger partial charge in [-0.05, 0) is 43.0 Å². The molecule has 0 bridgehead atoms. The average Bonchev–Trinajstić information content (AvgIpc) is 2.80. The first-order valence-corrected chi connectivity index (χ1v) is 6.57. The summed E-state index contributed by atoms with van der Waals surface area (Å²) < 4.78 is 11.0. The SMILES string of the molecule is COC1(CC(=O)c2ccc3c(c2)CCO3)CCC1. The van der Waals surface area contributed by atoms with Gasteiger partial charge in [0.05, 0.1) is 12.2 Å². The summed E-state index contributed by atoms with van der Waals surface area (Å²) in [6.45, 7) is 0.731. The Balaban J connectivity index is 1.76. The summed E-state index contributed by atoms with van der Waals surface area (Å²) in [6.07, 6.45) is 4.58. The Labute approximate surface area is 107 Å². The molecule has 1 fully saturated rings. The molecule has 1 aromatic carbocycles. The van der Waals surface area contributed by atoms with Crippen molar-refractivity contribution in [2.75, 3.05) is 13.7 Å². The summed E-state index contributed by atoms with van der Waals surface area (Å²) in [6, 6.07) is 5.76. The minimum atomic E-state index is -0.188. The van der Waals surface area contributed by atoms with Gasteiger partial charge in [0.1, 0.15) is 5.75 Å². The molecule has 0 spiro atoms. The van der Waals surface area contributed by atoms with Gasteiger partial charge in [-0.1, -0.05) is 0 Å². The van der Waals surface area contributed by atoms with Crippen LogP contribution in [0.4, 0.5) is 0 Å². The van der Waals surface area contributed by atoms with Crippen molar-refractivity contribution in [2.24, 2.45) is 0 Å². The van der Waals surface area contributed by atoms with Gasteiger partial charge in [-0.25, -0.2) is 0 Å². The van der Waals surface area contributed by atoms with Crippen molar-refractivity contribution >= 4 is 5.78 Å². The summed E-state index contributed by atoms with van der Waals surface area (Å²) in [5.41, 5.74) is 1.76. The van der Waals surface area contributed by atoms with Gasteiger partial charge < -0.3 is 9.47 Å². The zero-order chi connectivity index (χ0) is 12.6. The molecule has 0 saturated heterocycles. The van der Waals surface area contributed by atoms with E-state index in [2.05, 4.69) is 0 Å². The van der Waals surface area contributed by atoms with Crippen LogP contribution in [0.2, 0.25) is 0 Å². The fourth-order valence-electron chi connectivity index (χ4n) is 2.78. The predicted octanol–water partition coefficient (Wildman–Crippen LogP) is 2.76. The molecule has 0 radical (unpaired) electrons. The average molecular weight is 246 g/mol. The number of carbonyl (C=O) groups excluding carboxylic acids is 1. The first kappa shape index (κ1) is 11.7. The van der Waals surface area contributed by atoms with Crippen LogP contribution in [0.1, 0.15) is 41.6 Å². The second-order valence-corrected chi connectivity index (χ2v) is 5.26. The molecule has 3 nitrogen and oxygen atoms in total. The van der Waals surface area contributed by atoms with Crippen molar-refractivity contribution < 1.29 is 14.3 Å². The van der Waals surface area contributed by atoms with Gasteiger partial charge in [0.25, 0.3) is 0 Å². The van der Waals surface area contributed by atoms with E-state index in [1.165, 1.54) is 6.42 Å². The maximum absolute atomic E-state index is 12.3. The fourth-order valence-corrected chi connectivity index (χ4v) is 2.78. The lowest BCUT2D eigenvalue weighted by Gasteiger charge is -2.40. The topological polar surface area (TPSA) is 35.5 Å². The smallest absolute Gasteiger partial charge is 0.165 e. The number of benzene rings is 1. The molecule has 1 heterocycles. The van der Waals surface area contributed by atoms with Gasteiger partial charge in [0.15, 0.2) is 5.78 Å². The molecule has 0 amide bonds. The number of methoxy groups -OCH3 is 1. The second kappa shape index (κ2) is 4.39. The lowest BCUT2D eigenvalue weighted by atomic mass is 9.75. The number of Topliss-reactive ketones (excluding diaryl/α,β-unsaturated/α-hetero) is 1. The Morgan fingerprint density at radius 2 is 2.28 bits per heavy atom. The van der Waals surface area contributed by atoms with Crippen molar-refractivity contribution in [3.63, 3.8) is 0 Å². The monoisotopic (exact) mass is 246 g/mol. The van der Waals surface area contributed by atoms with Crippen molar-refractivity contribution in [1.29, 1.82) is 0 Å². The summed E-state index contributed by atoms with van der Waals surface area (Å²) in [7, 11) is 1.71. The standard InChI is InChI=1S/C15H18O3/c1-17-15(6-2-7-15)10-13(16)11-3-4-14-12(9-11)5-8-18-14/h3-4,9H,2,5-8,10H2,1H3. The van der Waals surface area contributed by atoms with Crippen LogP contribution in [0, 0.1) is 0 Å². The largest absolute Gasteiger partial charge is 0.493 e. The van der Waals surface area contributed by atoms with E-state index in [-0.39, 0.29) is 11.4 Å². The number of hydrogen-bond donors (Lipinski definition) is 0. The summed E-state index contributed by atoms with van der Waals surface area (Å²) in [5.74, 6) is 1.11. The molecule has 2 aliphatic rings. The number of fused-ring (bicyclic) bond motifs is 1. The van der Waals surface area contributed by atoms with Crippen LogP contribution in [0.25, 0.3) is 0 Å². The summed E-state index contributed by atoms with van der Waals surface area (Å²) in [5, 5.41) is 0. The van der Waals surface area contributed by atoms with Gasteiger partial charge in [0, 0.05) is 25.5 Å². The number of rotatable bonds is 4. The van der Waals surface area contributed by atoms with Crippen LogP contribution in [0.3, 0.4) is 0 Å².